The van der Waals surface area contributed by atoms with Crippen LogP contribution in [0.25, 0.3) is 11.1 Å². The van der Waals surface area contributed by atoms with Crippen LogP contribution in [0.3, 0.4) is 0 Å². The molecule has 4 aromatic rings. The minimum absolute atomic E-state index is 0.0722. The van der Waals surface area contributed by atoms with E-state index in [1.807, 2.05) is 36.1 Å². The Morgan fingerprint density at radius 1 is 0.919 bits per heavy atom. The van der Waals surface area contributed by atoms with Crippen LogP contribution in [0.4, 0.5) is 11.6 Å². The van der Waals surface area contributed by atoms with E-state index >= 15 is 0 Å². The summed E-state index contributed by atoms with van der Waals surface area (Å²) in [6, 6.07) is 14.1. The van der Waals surface area contributed by atoms with Crippen molar-refractivity contribution in [3.05, 3.63) is 54.1 Å². The van der Waals surface area contributed by atoms with Gasteiger partial charge in [-0.1, -0.05) is 23.4 Å². The number of hydrogen-bond acceptors (Lipinski definition) is 10. The van der Waals surface area contributed by atoms with Gasteiger partial charge in [-0.05, 0) is 36.8 Å². The van der Waals surface area contributed by atoms with Gasteiger partial charge in [-0.2, -0.15) is 4.98 Å². The summed E-state index contributed by atoms with van der Waals surface area (Å²) in [4.78, 5) is 6.44. The molecule has 2 aromatic heterocycles. The number of nitrogens with zero attached hydrogens (tertiary/aromatic N) is 3. The van der Waals surface area contributed by atoms with Gasteiger partial charge in [0.25, 0.3) is 15.7 Å². The summed E-state index contributed by atoms with van der Waals surface area (Å²) in [5.41, 5.74) is 1.17. The van der Waals surface area contributed by atoms with Crippen molar-refractivity contribution in [3.8, 4) is 23.0 Å². The molecule has 0 aliphatic carbocycles. The first-order valence-electron chi connectivity index (χ1n) is 11.3. The highest BCUT2D eigenvalue weighted by atomic mass is 32.2. The van der Waals surface area contributed by atoms with Crippen molar-refractivity contribution < 1.29 is 31.9 Å². The molecule has 12 heteroatoms. The lowest BCUT2D eigenvalue weighted by atomic mass is 10.2. The van der Waals surface area contributed by atoms with Gasteiger partial charge in [-0.25, -0.2) is 8.42 Å². The molecule has 0 aliphatic heterocycles. The molecule has 0 radical (unpaired) electrons. The number of aromatic nitrogens is 2. The van der Waals surface area contributed by atoms with Crippen molar-refractivity contribution in [1.82, 2.24) is 10.1 Å². The summed E-state index contributed by atoms with van der Waals surface area (Å²) >= 11 is 0. The van der Waals surface area contributed by atoms with Gasteiger partial charge < -0.3 is 28.4 Å². The van der Waals surface area contributed by atoms with Crippen LogP contribution in [-0.4, -0.2) is 53.5 Å². The average Bonchev–Trinajstić information content (AvgIpc) is 3.32. The maximum absolute atomic E-state index is 13.3. The van der Waals surface area contributed by atoms with Crippen LogP contribution in [-0.2, 0) is 16.6 Å². The molecule has 0 saturated carbocycles. The summed E-state index contributed by atoms with van der Waals surface area (Å²) in [6.07, 6.45) is 0. The topological polar surface area (TPSA) is 125 Å². The maximum Gasteiger partial charge on any atom is 0.270 e. The smallest absolute Gasteiger partial charge is 0.270 e. The predicted molar refractivity (Wildman–Crippen MR) is 138 cm³/mol. The Morgan fingerprint density at radius 2 is 1.57 bits per heavy atom. The number of pyridine rings is 1. The Balaban J connectivity index is 1.70. The van der Waals surface area contributed by atoms with E-state index in [0.717, 1.165) is 11.3 Å². The molecule has 0 bridgehead atoms. The SMILES string of the molecule is CCN(Cc1ccc(OC)cc1)c1cc(OC)c2c(NS(=O)(=O)c3c(OC)cccc3OC)noc2n1. The zero-order valence-corrected chi connectivity index (χ0v) is 22.0. The lowest BCUT2D eigenvalue weighted by Gasteiger charge is -2.22. The average molecular weight is 529 g/mol. The van der Waals surface area contributed by atoms with Crippen LogP contribution in [0.5, 0.6) is 23.0 Å². The van der Waals surface area contributed by atoms with Gasteiger partial charge in [0.2, 0.25) is 0 Å². The molecule has 0 unspecified atom stereocenters. The molecule has 196 valence electrons. The molecule has 0 aliphatic rings. The Hall–Kier alpha value is -4.19. The molecule has 2 aromatic carbocycles. The third kappa shape index (κ3) is 5.19. The van der Waals surface area contributed by atoms with E-state index in [1.165, 1.54) is 33.5 Å². The van der Waals surface area contributed by atoms with Crippen LogP contribution >= 0.6 is 0 Å². The van der Waals surface area contributed by atoms with E-state index < -0.39 is 10.0 Å². The first-order chi connectivity index (χ1) is 17.8. The van der Waals surface area contributed by atoms with Crippen LogP contribution < -0.4 is 28.6 Å². The summed E-state index contributed by atoms with van der Waals surface area (Å²) in [7, 11) is 1.66. The summed E-state index contributed by atoms with van der Waals surface area (Å²) in [5, 5.41) is 4.21. The quantitative estimate of drug-likeness (QED) is 0.304. The summed E-state index contributed by atoms with van der Waals surface area (Å²) in [6.45, 7) is 3.22. The number of nitrogens with one attached hydrogen (secondary N) is 1. The fourth-order valence-corrected chi connectivity index (χ4v) is 5.19. The first kappa shape index (κ1) is 25.9. The zero-order chi connectivity index (χ0) is 26.6. The second-order valence-corrected chi connectivity index (χ2v) is 9.47. The molecule has 2 heterocycles. The molecular weight excluding hydrogens is 500 g/mol. The fourth-order valence-electron chi connectivity index (χ4n) is 3.86. The number of anilines is 2. The molecular formula is C25H28N4O7S. The zero-order valence-electron chi connectivity index (χ0n) is 21.1. The maximum atomic E-state index is 13.3. The lowest BCUT2D eigenvalue weighted by molar-refractivity contribution is 0.373. The molecule has 0 amide bonds. The lowest BCUT2D eigenvalue weighted by Crippen LogP contribution is -2.23. The summed E-state index contributed by atoms with van der Waals surface area (Å²) < 4.78 is 55.9. The highest BCUT2D eigenvalue weighted by molar-refractivity contribution is 7.93. The van der Waals surface area contributed by atoms with Gasteiger partial charge in [0, 0.05) is 19.2 Å². The Kier molecular flexibility index (Phi) is 7.58. The first-order valence-corrected chi connectivity index (χ1v) is 12.8. The van der Waals surface area contributed by atoms with Gasteiger partial charge in [0.15, 0.2) is 10.7 Å². The Morgan fingerprint density at radius 3 is 2.14 bits per heavy atom. The highest BCUT2D eigenvalue weighted by Gasteiger charge is 2.28. The van der Waals surface area contributed by atoms with Gasteiger partial charge in [0.05, 0.1) is 28.4 Å². The van der Waals surface area contributed by atoms with E-state index in [-0.39, 0.29) is 33.3 Å². The number of hydrogen-bond donors (Lipinski definition) is 1. The van der Waals surface area contributed by atoms with E-state index in [1.54, 1.807) is 19.2 Å². The van der Waals surface area contributed by atoms with Crippen molar-refractivity contribution in [2.24, 2.45) is 0 Å². The molecule has 0 saturated heterocycles. The second-order valence-electron chi connectivity index (χ2n) is 7.85. The van der Waals surface area contributed by atoms with Crippen LogP contribution in [0, 0.1) is 0 Å². The summed E-state index contributed by atoms with van der Waals surface area (Å²) in [5.74, 6) is 1.86. The second kappa shape index (κ2) is 10.8. The van der Waals surface area contributed by atoms with Crippen molar-refractivity contribution in [1.29, 1.82) is 0 Å². The molecule has 0 spiro atoms. The number of ether oxygens (including phenoxy) is 4. The number of methoxy groups -OCH3 is 4. The third-order valence-corrected chi connectivity index (χ3v) is 7.14. The van der Waals surface area contributed by atoms with Gasteiger partial charge >= 0.3 is 0 Å². The Bertz CT molecular complexity index is 1460. The van der Waals surface area contributed by atoms with Gasteiger partial charge in [-0.3, -0.25) is 4.72 Å². The number of rotatable bonds is 11. The van der Waals surface area contributed by atoms with E-state index in [9.17, 15) is 8.42 Å². The normalized spacial score (nSPS) is 11.3. The molecule has 4 rings (SSSR count). The van der Waals surface area contributed by atoms with Crippen LogP contribution in [0.15, 0.2) is 57.9 Å². The third-order valence-electron chi connectivity index (χ3n) is 5.74. The number of sulfonamides is 1. The number of benzene rings is 2. The van der Waals surface area contributed by atoms with Crippen molar-refractivity contribution in [2.75, 3.05) is 44.6 Å². The van der Waals surface area contributed by atoms with Gasteiger partial charge in [0.1, 0.15) is 34.2 Å². The monoisotopic (exact) mass is 528 g/mol. The van der Waals surface area contributed by atoms with Crippen molar-refractivity contribution in [3.63, 3.8) is 0 Å². The largest absolute Gasteiger partial charge is 0.497 e. The Labute approximate surface area is 214 Å². The standard InChI is InChI=1S/C25H28N4O7S/c1-6-29(15-16-10-12-17(32-2)13-11-16)21-14-20(35-5)22-24(27-36-25(22)26-21)28-37(30,31)23-18(33-3)8-7-9-19(23)34-4/h7-14H,6,15H2,1-5H3,(H,27,28). The van der Waals surface area contributed by atoms with E-state index in [0.29, 0.717) is 24.7 Å². The molecule has 1 N–H and O–H groups in total. The minimum Gasteiger partial charge on any atom is -0.497 e. The van der Waals surface area contributed by atoms with Gasteiger partial charge in [-0.15, -0.1) is 0 Å². The van der Waals surface area contributed by atoms with Crippen LogP contribution in [0.2, 0.25) is 0 Å². The molecule has 11 nitrogen and oxygen atoms in total. The molecule has 37 heavy (non-hydrogen) atoms. The number of fused-ring (bicyclic) bond motifs is 1. The van der Waals surface area contributed by atoms with Crippen molar-refractivity contribution >= 4 is 32.8 Å². The van der Waals surface area contributed by atoms with E-state index in [2.05, 4.69) is 14.9 Å². The highest BCUT2D eigenvalue weighted by Crippen LogP contribution is 2.38. The van der Waals surface area contributed by atoms with Crippen LogP contribution in [0.1, 0.15) is 12.5 Å². The minimum atomic E-state index is -4.19. The molecule has 0 atom stereocenters. The fraction of sp³-hybridized carbons (Fsp3) is 0.280. The molecule has 0 fully saturated rings. The predicted octanol–water partition coefficient (Wildman–Crippen LogP) is 4.08. The van der Waals surface area contributed by atoms with Crippen molar-refractivity contribution in [2.45, 2.75) is 18.4 Å². The van der Waals surface area contributed by atoms with E-state index in [4.69, 9.17) is 23.5 Å².